The second-order valence-corrected chi connectivity index (χ2v) is 5.06. The molecule has 0 aromatic heterocycles. The topological polar surface area (TPSA) is 57.6 Å². The smallest absolute Gasteiger partial charge is 0.303 e. The van der Waals surface area contributed by atoms with Crippen LogP contribution in [0, 0.1) is 0 Å². The van der Waals surface area contributed by atoms with E-state index >= 15 is 0 Å². The number of carboxylic acid groups (broad SMARTS) is 1. The van der Waals surface area contributed by atoms with Crippen molar-refractivity contribution in [3.05, 3.63) is 40.4 Å². The number of carboxylic acids is 1. The normalized spacial score (nSPS) is 10.6. The zero-order chi connectivity index (χ0) is 14.3. The minimum absolute atomic E-state index is 0.0764. The van der Waals surface area contributed by atoms with Gasteiger partial charge in [-0.05, 0) is 30.2 Å². The van der Waals surface area contributed by atoms with Gasteiger partial charge in [-0.3, -0.25) is 9.59 Å². The number of hydrogen-bond acceptors (Lipinski definition) is 2. The van der Waals surface area contributed by atoms with Crippen LogP contribution in [-0.4, -0.2) is 35.5 Å². The first-order chi connectivity index (χ1) is 8.99. The zero-order valence-electron chi connectivity index (χ0n) is 10.7. The van der Waals surface area contributed by atoms with Crippen molar-refractivity contribution < 1.29 is 14.7 Å². The lowest BCUT2D eigenvalue weighted by molar-refractivity contribution is -0.137. The molecule has 1 rings (SSSR count). The monoisotopic (exact) mass is 325 g/mol. The first-order valence-corrected chi connectivity index (χ1v) is 6.69. The second-order valence-electron chi connectivity index (χ2n) is 4.15. The van der Waals surface area contributed by atoms with Crippen LogP contribution in [0.1, 0.15) is 18.4 Å². The maximum absolute atomic E-state index is 11.8. The van der Waals surface area contributed by atoms with E-state index in [0.29, 0.717) is 13.0 Å². The Kier molecular flexibility index (Phi) is 6.29. The van der Waals surface area contributed by atoms with E-state index in [0.717, 1.165) is 10.0 Å². The number of rotatable bonds is 6. The Morgan fingerprint density at radius 2 is 2.16 bits per heavy atom. The van der Waals surface area contributed by atoms with Gasteiger partial charge >= 0.3 is 5.97 Å². The van der Waals surface area contributed by atoms with Gasteiger partial charge in [0.2, 0.25) is 5.91 Å². The molecule has 4 nitrogen and oxygen atoms in total. The summed E-state index contributed by atoms with van der Waals surface area (Å²) in [6.45, 7) is 0.438. The van der Waals surface area contributed by atoms with Crippen LogP contribution in [0.3, 0.4) is 0 Å². The number of amides is 1. The highest BCUT2D eigenvalue weighted by Crippen LogP contribution is 2.12. The van der Waals surface area contributed by atoms with Crippen LogP contribution >= 0.6 is 15.9 Å². The quantitative estimate of drug-likeness (QED) is 0.818. The van der Waals surface area contributed by atoms with Crippen LogP contribution in [0.15, 0.2) is 34.8 Å². The molecule has 0 saturated carbocycles. The molecule has 1 aromatic rings. The molecule has 0 aliphatic carbocycles. The molecule has 0 fully saturated rings. The van der Waals surface area contributed by atoms with Gasteiger partial charge in [-0.2, -0.15) is 0 Å². The summed E-state index contributed by atoms with van der Waals surface area (Å²) >= 11 is 3.36. The molecule has 5 heteroatoms. The Labute approximate surface area is 120 Å². The summed E-state index contributed by atoms with van der Waals surface area (Å²) < 4.78 is 0.955. The van der Waals surface area contributed by atoms with Gasteiger partial charge in [0.1, 0.15) is 0 Å². The van der Waals surface area contributed by atoms with Gasteiger partial charge in [-0.25, -0.2) is 0 Å². The maximum atomic E-state index is 11.8. The van der Waals surface area contributed by atoms with Crippen molar-refractivity contribution in [2.75, 3.05) is 13.6 Å². The molecule has 0 aliphatic heterocycles. The molecule has 0 aliphatic rings. The van der Waals surface area contributed by atoms with Crippen molar-refractivity contribution in [2.45, 2.75) is 12.8 Å². The van der Waals surface area contributed by atoms with Gasteiger partial charge in [-0.15, -0.1) is 0 Å². The minimum atomic E-state index is -0.842. The average Bonchev–Trinajstić information content (AvgIpc) is 2.35. The molecule has 19 heavy (non-hydrogen) atoms. The lowest BCUT2D eigenvalue weighted by atomic mass is 10.2. The lowest BCUT2D eigenvalue weighted by Crippen LogP contribution is -2.26. The van der Waals surface area contributed by atoms with E-state index in [4.69, 9.17) is 5.11 Å². The standard InChI is InChI=1S/C14H16BrNO3/c1-16(9-3-6-14(18)19)13(17)8-7-11-4-2-5-12(15)10-11/h2,4-5,7-8,10H,3,6,9H2,1H3,(H,18,19)/b8-7-. The number of nitrogens with zero attached hydrogens (tertiary/aromatic N) is 1. The van der Waals surface area contributed by atoms with E-state index in [1.165, 1.54) is 11.0 Å². The third-order valence-corrected chi connectivity index (χ3v) is 3.02. The number of carbonyl (C=O) groups excluding carboxylic acids is 1. The first kappa shape index (κ1) is 15.4. The van der Waals surface area contributed by atoms with E-state index in [-0.39, 0.29) is 12.3 Å². The van der Waals surface area contributed by atoms with Gasteiger partial charge in [0.05, 0.1) is 0 Å². The van der Waals surface area contributed by atoms with E-state index in [1.807, 2.05) is 24.3 Å². The Bertz CT molecular complexity index is 485. The number of likely N-dealkylation sites (N-methyl/N-ethyl adjacent to an activating group) is 1. The minimum Gasteiger partial charge on any atom is -0.481 e. The summed E-state index contributed by atoms with van der Waals surface area (Å²) in [6.07, 6.45) is 3.76. The zero-order valence-corrected chi connectivity index (χ0v) is 12.3. The average molecular weight is 326 g/mol. The summed E-state index contributed by atoms with van der Waals surface area (Å²) in [6, 6.07) is 7.62. The van der Waals surface area contributed by atoms with E-state index in [9.17, 15) is 9.59 Å². The van der Waals surface area contributed by atoms with E-state index in [2.05, 4.69) is 15.9 Å². The molecule has 0 unspecified atom stereocenters. The molecular formula is C14H16BrNO3. The molecule has 0 atom stereocenters. The lowest BCUT2D eigenvalue weighted by Gasteiger charge is -2.13. The Morgan fingerprint density at radius 1 is 1.42 bits per heavy atom. The Balaban J connectivity index is 2.47. The summed E-state index contributed by atoms with van der Waals surface area (Å²) in [5.41, 5.74) is 0.932. The van der Waals surface area contributed by atoms with Crippen LogP contribution in [0.4, 0.5) is 0 Å². The van der Waals surface area contributed by atoms with Gasteiger partial charge in [-0.1, -0.05) is 28.1 Å². The molecule has 1 amide bonds. The number of carbonyl (C=O) groups is 2. The molecular weight excluding hydrogens is 310 g/mol. The fourth-order valence-corrected chi connectivity index (χ4v) is 1.90. The van der Waals surface area contributed by atoms with Crippen LogP contribution in [-0.2, 0) is 9.59 Å². The number of aliphatic carboxylic acids is 1. The highest BCUT2D eigenvalue weighted by Gasteiger charge is 2.05. The molecule has 1 aromatic carbocycles. The number of benzene rings is 1. The molecule has 1 N–H and O–H groups in total. The van der Waals surface area contributed by atoms with Gasteiger partial charge < -0.3 is 10.0 Å². The molecule has 0 bridgehead atoms. The molecule has 102 valence electrons. The Morgan fingerprint density at radius 3 is 2.79 bits per heavy atom. The third-order valence-electron chi connectivity index (χ3n) is 2.53. The molecule has 0 spiro atoms. The van der Waals surface area contributed by atoms with Crippen molar-refractivity contribution in [2.24, 2.45) is 0 Å². The van der Waals surface area contributed by atoms with E-state index < -0.39 is 5.97 Å². The number of halogens is 1. The largest absolute Gasteiger partial charge is 0.481 e. The SMILES string of the molecule is CN(CCCC(=O)O)C(=O)/C=C\c1cccc(Br)c1. The van der Waals surface area contributed by atoms with Crippen molar-refractivity contribution in [1.82, 2.24) is 4.90 Å². The van der Waals surface area contributed by atoms with Crippen LogP contribution in [0.5, 0.6) is 0 Å². The fourth-order valence-electron chi connectivity index (χ4n) is 1.48. The fraction of sp³-hybridized carbons (Fsp3) is 0.286. The Hall–Kier alpha value is -1.62. The molecule has 0 saturated heterocycles. The highest BCUT2D eigenvalue weighted by atomic mass is 79.9. The summed E-state index contributed by atoms with van der Waals surface area (Å²) in [4.78, 5) is 23.6. The maximum Gasteiger partial charge on any atom is 0.303 e. The van der Waals surface area contributed by atoms with E-state index in [1.54, 1.807) is 13.1 Å². The van der Waals surface area contributed by atoms with Gasteiger partial charge in [0, 0.05) is 30.6 Å². The molecule has 0 radical (unpaired) electrons. The van der Waals surface area contributed by atoms with Gasteiger partial charge in [0.15, 0.2) is 0 Å². The molecule has 0 heterocycles. The second kappa shape index (κ2) is 7.74. The van der Waals surface area contributed by atoms with Crippen LogP contribution in [0.2, 0.25) is 0 Å². The summed E-state index contributed by atoms with van der Waals surface area (Å²) in [5, 5.41) is 8.52. The van der Waals surface area contributed by atoms with Crippen LogP contribution in [0.25, 0.3) is 6.08 Å². The first-order valence-electron chi connectivity index (χ1n) is 5.89. The van der Waals surface area contributed by atoms with Crippen molar-refractivity contribution in [3.8, 4) is 0 Å². The third kappa shape index (κ3) is 6.20. The van der Waals surface area contributed by atoms with Crippen molar-refractivity contribution in [1.29, 1.82) is 0 Å². The van der Waals surface area contributed by atoms with Crippen molar-refractivity contribution >= 4 is 33.9 Å². The van der Waals surface area contributed by atoms with Crippen molar-refractivity contribution in [3.63, 3.8) is 0 Å². The predicted molar refractivity (Wildman–Crippen MR) is 77.7 cm³/mol. The predicted octanol–water partition coefficient (Wildman–Crippen LogP) is 2.79. The van der Waals surface area contributed by atoms with Crippen LogP contribution < -0.4 is 0 Å². The highest BCUT2D eigenvalue weighted by molar-refractivity contribution is 9.10. The summed E-state index contributed by atoms with van der Waals surface area (Å²) in [7, 11) is 1.66. The summed E-state index contributed by atoms with van der Waals surface area (Å²) in [5.74, 6) is -0.976. The number of hydrogen-bond donors (Lipinski definition) is 1. The van der Waals surface area contributed by atoms with Gasteiger partial charge in [0.25, 0.3) is 0 Å².